The maximum absolute atomic E-state index is 8.34. The van der Waals surface area contributed by atoms with Gasteiger partial charge in [-0.05, 0) is 13.5 Å². The van der Waals surface area contributed by atoms with E-state index in [0.717, 1.165) is 12.8 Å². The molecule has 0 saturated heterocycles. The largest absolute Gasteiger partial charge is 0.305 e. The van der Waals surface area contributed by atoms with E-state index in [-0.39, 0.29) is 6.04 Å². The van der Waals surface area contributed by atoms with Crippen LogP contribution in [0.1, 0.15) is 19.8 Å². The molecule has 1 N–H and O–H groups in total. The summed E-state index contributed by atoms with van der Waals surface area (Å²) in [6, 6.07) is 2.20. The van der Waals surface area contributed by atoms with Crippen molar-refractivity contribution in [1.82, 2.24) is 5.32 Å². The Hall–Kier alpha value is -0.550. The van der Waals surface area contributed by atoms with Crippen molar-refractivity contribution in [2.45, 2.75) is 25.8 Å². The van der Waals surface area contributed by atoms with E-state index in [9.17, 15) is 0 Å². The van der Waals surface area contributed by atoms with Gasteiger partial charge in [0.05, 0.1) is 12.1 Å². The molecule has 8 heavy (non-hydrogen) atoms. The third-order valence-corrected chi connectivity index (χ3v) is 1.08. The Labute approximate surface area is 50.5 Å². The first-order chi connectivity index (χ1) is 3.85. The zero-order valence-electron chi connectivity index (χ0n) is 5.44. The molecule has 0 aliphatic carbocycles. The van der Waals surface area contributed by atoms with Gasteiger partial charge in [0, 0.05) is 0 Å². The van der Waals surface area contributed by atoms with Crippen LogP contribution in [-0.4, -0.2) is 13.1 Å². The second-order valence-electron chi connectivity index (χ2n) is 1.76. The van der Waals surface area contributed by atoms with E-state index in [1.165, 1.54) is 0 Å². The van der Waals surface area contributed by atoms with Crippen LogP contribution in [0.5, 0.6) is 0 Å². The van der Waals surface area contributed by atoms with E-state index >= 15 is 0 Å². The smallest absolute Gasteiger partial charge is 0.0950 e. The van der Waals surface area contributed by atoms with E-state index in [1.54, 1.807) is 0 Å². The molecule has 2 heteroatoms. The van der Waals surface area contributed by atoms with Gasteiger partial charge < -0.3 is 5.32 Å². The number of nitrogens with zero attached hydrogens (tertiary/aromatic N) is 1. The molecule has 0 aliphatic heterocycles. The van der Waals surface area contributed by atoms with Crippen LogP contribution in [0.25, 0.3) is 0 Å². The highest BCUT2D eigenvalue weighted by atomic mass is 14.9. The first-order valence-electron chi connectivity index (χ1n) is 2.92. The van der Waals surface area contributed by atoms with Crippen LogP contribution in [0.15, 0.2) is 0 Å². The molecule has 0 fully saturated rings. The molecule has 0 saturated carbocycles. The van der Waals surface area contributed by atoms with E-state index in [2.05, 4.69) is 18.3 Å². The lowest BCUT2D eigenvalue weighted by Gasteiger charge is -2.02. The van der Waals surface area contributed by atoms with Gasteiger partial charge in [0.25, 0.3) is 0 Å². The van der Waals surface area contributed by atoms with Crippen LogP contribution < -0.4 is 5.32 Å². The van der Waals surface area contributed by atoms with E-state index in [4.69, 9.17) is 5.26 Å². The Bertz CT molecular complexity index is 83.0. The minimum atomic E-state index is 0.0556. The van der Waals surface area contributed by atoms with Gasteiger partial charge in [0.1, 0.15) is 0 Å². The number of hydrogen-bond acceptors (Lipinski definition) is 2. The van der Waals surface area contributed by atoms with Crippen molar-refractivity contribution in [1.29, 1.82) is 5.26 Å². The second-order valence-corrected chi connectivity index (χ2v) is 1.76. The van der Waals surface area contributed by atoms with Gasteiger partial charge in [-0.1, -0.05) is 13.3 Å². The predicted octanol–water partition coefficient (Wildman–Crippen LogP) is 0.898. The molecule has 0 aromatic rings. The lowest BCUT2D eigenvalue weighted by molar-refractivity contribution is 0.614. The molecule has 0 radical (unpaired) electrons. The van der Waals surface area contributed by atoms with Gasteiger partial charge in [-0.25, -0.2) is 0 Å². The molecule has 0 unspecified atom stereocenters. The van der Waals surface area contributed by atoms with Crippen molar-refractivity contribution < 1.29 is 0 Å². The summed E-state index contributed by atoms with van der Waals surface area (Å²) in [7, 11) is 1.81. The number of nitrogens with one attached hydrogen (secondary N) is 1. The van der Waals surface area contributed by atoms with Gasteiger partial charge in [0.2, 0.25) is 0 Å². The molecular weight excluding hydrogens is 100 g/mol. The fourth-order valence-electron chi connectivity index (χ4n) is 0.562. The quantitative estimate of drug-likeness (QED) is 0.588. The van der Waals surface area contributed by atoms with E-state index in [0.29, 0.717) is 0 Å². The average molecular weight is 112 g/mol. The van der Waals surface area contributed by atoms with E-state index in [1.807, 2.05) is 7.05 Å². The van der Waals surface area contributed by atoms with Crippen LogP contribution in [0.2, 0.25) is 0 Å². The summed E-state index contributed by atoms with van der Waals surface area (Å²) in [6.45, 7) is 2.07. The van der Waals surface area contributed by atoms with Crippen LogP contribution in [-0.2, 0) is 0 Å². The summed E-state index contributed by atoms with van der Waals surface area (Å²) in [4.78, 5) is 0. The number of nitriles is 1. The average Bonchev–Trinajstić information content (AvgIpc) is 1.83. The monoisotopic (exact) mass is 112 g/mol. The topological polar surface area (TPSA) is 35.8 Å². The Kier molecular flexibility index (Phi) is 4.29. The van der Waals surface area contributed by atoms with Crippen molar-refractivity contribution in [3.63, 3.8) is 0 Å². The maximum Gasteiger partial charge on any atom is 0.0950 e. The molecule has 46 valence electrons. The minimum Gasteiger partial charge on any atom is -0.305 e. The van der Waals surface area contributed by atoms with Crippen LogP contribution in [0, 0.1) is 11.3 Å². The highest BCUT2D eigenvalue weighted by Gasteiger charge is 1.98. The maximum atomic E-state index is 8.34. The Morgan fingerprint density at radius 3 is 2.50 bits per heavy atom. The third-order valence-electron chi connectivity index (χ3n) is 1.08. The molecule has 0 spiro atoms. The fourth-order valence-corrected chi connectivity index (χ4v) is 0.562. The van der Waals surface area contributed by atoms with Gasteiger partial charge in [-0.2, -0.15) is 5.26 Å². The SMILES string of the molecule is CCC[C@H](C#N)NC. The van der Waals surface area contributed by atoms with Crippen LogP contribution in [0.3, 0.4) is 0 Å². The standard InChI is InChI=1S/C6H12N2/c1-3-4-6(5-7)8-2/h6,8H,3-4H2,1-2H3/t6-/m1/s1. The Morgan fingerprint density at radius 2 is 2.38 bits per heavy atom. The summed E-state index contributed by atoms with van der Waals surface area (Å²) in [5.41, 5.74) is 0. The first kappa shape index (κ1) is 7.45. The van der Waals surface area contributed by atoms with Crippen molar-refractivity contribution in [3.8, 4) is 6.07 Å². The fraction of sp³-hybridized carbons (Fsp3) is 0.833. The van der Waals surface area contributed by atoms with Gasteiger partial charge >= 0.3 is 0 Å². The summed E-state index contributed by atoms with van der Waals surface area (Å²) < 4.78 is 0. The highest BCUT2D eigenvalue weighted by Crippen LogP contribution is 1.91. The van der Waals surface area contributed by atoms with Gasteiger partial charge in [-0.15, -0.1) is 0 Å². The van der Waals surface area contributed by atoms with Crippen LogP contribution in [0.4, 0.5) is 0 Å². The van der Waals surface area contributed by atoms with E-state index < -0.39 is 0 Å². The zero-order chi connectivity index (χ0) is 6.41. The number of rotatable bonds is 3. The molecule has 0 amide bonds. The molecule has 0 aromatic carbocycles. The lowest BCUT2D eigenvalue weighted by Crippen LogP contribution is -2.22. The zero-order valence-corrected chi connectivity index (χ0v) is 5.44. The lowest BCUT2D eigenvalue weighted by atomic mass is 10.2. The van der Waals surface area contributed by atoms with Crippen molar-refractivity contribution in [2.75, 3.05) is 7.05 Å². The van der Waals surface area contributed by atoms with Crippen molar-refractivity contribution in [2.24, 2.45) is 0 Å². The second kappa shape index (κ2) is 4.61. The molecular formula is C6H12N2. The minimum absolute atomic E-state index is 0.0556. The summed E-state index contributed by atoms with van der Waals surface area (Å²) in [6.07, 6.45) is 2.02. The molecule has 1 atom stereocenters. The summed E-state index contributed by atoms with van der Waals surface area (Å²) in [5.74, 6) is 0. The Balaban J connectivity index is 3.26. The number of hydrogen-bond donors (Lipinski definition) is 1. The highest BCUT2D eigenvalue weighted by molar-refractivity contribution is 4.87. The summed E-state index contributed by atoms with van der Waals surface area (Å²) >= 11 is 0. The molecule has 0 bridgehead atoms. The van der Waals surface area contributed by atoms with Gasteiger partial charge in [-0.3, -0.25) is 0 Å². The Morgan fingerprint density at radius 1 is 1.75 bits per heavy atom. The molecule has 0 heterocycles. The van der Waals surface area contributed by atoms with Crippen LogP contribution >= 0.6 is 0 Å². The van der Waals surface area contributed by atoms with Crippen molar-refractivity contribution in [3.05, 3.63) is 0 Å². The molecule has 0 aromatic heterocycles. The molecule has 0 aliphatic rings. The molecule has 2 nitrogen and oxygen atoms in total. The first-order valence-corrected chi connectivity index (χ1v) is 2.92. The normalized spacial score (nSPS) is 12.6. The van der Waals surface area contributed by atoms with Crippen molar-refractivity contribution >= 4 is 0 Å². The predicted molar refractivity (Wildman–Crippen MR) is 33.4 cm³/mol. The van der Waals surface area contributed by atoms with Gasteiger partial charge in [0.15, 0.2) is 0 Å². The third kappa shape index (κ3) is 2.59. The summed E-state index contributed by atoms with van der Waals surface area (Å²) in [5, 5.41) is 11.2. The molecule has 0 rings (SSSR count).